The predicted octanol–water partition coefficient (Wildman–Crippen LogP) is 4.04. The zero-order valence-corrected chi connectivity index (χ0v) is 20.0. The van der Waals surface area contributed by atoms with E-state index >= 15 is 0 Å². The topological polar surface area (TPSA) is 61.8 Å². The standard InChI is InChI=1S/C27H38N2O3/c1-21-11-12-24(22(2)17-21)32-20-27(31)13-8-15-29(16-14-27)19-25(30)28-26(3,4)18-23-9-6-5-7-10-23/h5-7,9-12,17,31H,8,13-16,18-20H2,1-4H3,(H,28,30)/t27-/m0/s1. The van der Waals surface area contributed by atoms with Crippen molar-refractivity contribution in [2.45, 2.75) is 64.5 Å². The average molecular weight is 439 g/mol. The van der Waals surface area contributed by atoms with Gasteiger partial charge in [-0.3, -0.25) is 9.69 Å². The van der Waals surface area contributed by atoms with E-state index in [1.807, 2.05) is 37.3 Å². The van der Waals surface area contributed by atoms with E-state index in [4.69, 9.17) is 4.74 Å². The molecule has 174 valence electrons. The van der Waals surface area contributed by atoms with E-state index in [1.54, 1.807) is 0 Å². The van der Waals surface area contributed by atoms with Gasteiger partial charge in [0.1, 0.15) is 12.4 Å². The van der Waals surface area contributed by atoms with Gasteiger partial charge >= 0.3 is 0 Å². The lowest BCUT2D eigenvalue weighted by atomic mass is 9.95. The molecule has 0 aromatic heterocycles. The second kappa shape index (κ2) is 10.5. The van der Waals surface area contributed by atoms with Crippen LogP contribution in [-0.2, 0) is 11.2 Å². The van der Waals surface area contributed by atoms with E-state index in [1.165, 1.54) is 11.1 Å². The van der Waals surface area contributed by atoms with Crippen LogP contribution in [-0.4, -0.2) is 53.3 Å². The number of carbonyl (C=O) groups excluding carboxylic acids is 1. The molecule has 3 rings (SSSR count). The van der Waals surface area contributed by atoms with Gasteiger partial charge < -0.3 is 15.2 Å². The molecule has 0 aliphatic carbocycles. The van der Waals surface area contributed by atoms with Crippen molar-refractivity contribution in [3.05, 3.63) is 65.2 Å². The number of ether oxygens (including phenoxy) is 1. The van der Waals surface area contributed by atoms with Crippen molar-refractivity contribution in [2.75, 3.05) is 26.2 Å². The first-order chi connectivity index (χ1) is 15.1. The first-order valence-corrected chi connectivity index (χ1v) is 11.6. The number of carbonyl (C=O) groups is 1. The summed E-state index contributed by atoms with van der Waals surface area (Å²) < 4.78 is 5.98. The predicted molar refractivity (Wildman–Crippen MR) is 129 cm³/mol. The highest BCUT2D eigenvalue weighted by atomic mass is 16.5. The van der Waals surface area contributed by atoms with Crippen LogP contribution < -0.4 is 10.1 Å². The van der Waals surface area contributed by atoms with Crippen molar-refractivity contribution in [3.8, 4) is 5.75 Å². The van der Waals surface area contributed by atoms with E-state index in [2.05, 4.69) is 49.2 Å². The third-order valence-electron chi connectivity index (χ3n) is 6.17. The van der Waals surface area contributed by atoms with Crippen molar-refractivity contribution in [3.63, 3.8) is 0 Å². The number of rotatable bonds is 8. The Kier molecular flexibility index (Phi) is 7.96. The number of nitrogens with zero attached hydrogens (tertiary/aromatic N) is 1. The molecule has 1 amide bonds. The largest absolute Gasteiger partial charge is 0.490 e. The lowest BCUT2D eigenvalue weighted by Gasteiger charge is -2.29. The highest BCUT2D eigenvalue weighted by Gasteiger charge is 2.32. The Morgan fingerprint density at radius 3 is 2.59 bits per heavy atom. The van der Waals surface area contributed by atoms with E-state index in [9.17, 15) is 9.90 Å². The molecule has 0 bridgehead atoms. The number of nitrogens with one attached hydrogen (secondary N) is 1. The fourth-order valence-corrected chi connectivity index (χ4v) is 4.48. The number of likely N-dealkylation sites (tertiary alicyclic amines) is 1. The number of aliphatic hydroxyl groups is 1. The highest BCUT2D eigenvalue weighted by molar-refractivity contribution is 5.78. The van der Waals surface area contributed by atoms with Crippen LogP contribution in [0.5, 0.6) is 5.75 Å². The molecule has 1 heterocycles. The summed E-state index contributed by atoms with van der Waals surface area (Å²) in [5.41, 5.74) is 2.31. The SMILES string of the molecule is Cc1ccc(OC[C@]2(O)CCCN(CC(=O)NC(C)(C)Cc3ccccc3)CC2)c(C)c1. The van der Waals surface area contributed by atoms with Crippen LogP contribution in [0.1, 0.15) is 49.8 Å². The van der Waals surface area contributed by atoms with Gasteiger partial charge in [-0.15, -0.1) is 0 Å². The molecule has 1 aliphatic heterocycles. The first-order valence-electron chi connectivity index (χ1n) is 11.6. The molecule has 0 radical (unpaired) electrons. The van der Waals surface area contributed by atoms with Crippen LogP contribution in [0.15, 0.2) is 48.5 Å². The minimum Gasteiger partial charge on any atom is -0.490 e. The van der Waals surface area contributed by atoms with Crippen molar-refractivity contribution >= 4 is 5.91 Å². The van der Waals surface area contributed by atoms with Gasteiger partial charge in [0.2, 0.25) is 5.91 Å². The summed E-state index contributed by atoms with van der Waals surface area (Å²) in [5.74, 6) is 0.855. The van der Waals surface area contributed by atoms with E-state index in [0.29, 0.717) is 25.9 Å². The number of aryl methyl sites for hydroxylation is 2. The first kappa shape index (κ1) is 24.3. The molecule has 5 nitrogen and oxygen atoms in total. The zero-order valence-electron chi connectivity index (χ0n) is 20.0. The molecule has 32 heavy (non-hydrogen) atoms. The van der Waals surface area contributed by atoms with Gasteiger partial charge in [0.15, 0.2) is 0 Å². The smallest absolute Gasteiger partial charge is 0.234 e. The second-order valence-corrected chi connectivity index (χ2v) is 10.0. The van der Waals surface area contributed by atoms with E-state index < -0.39 is 5.60 Å². The summed E-state index contributed by atoms with van der Waals surface area (Å²) in [7, 11) is 0. The van der Waals surface area contributed by atoms with Crippen LogP contribution in [0.3, 0.4) is 0 Å². The molecule has 2 aromatic rings. The quantitative estimate of drug-likeness (QED) is 0.653. The second-order valence-electron chi connectivity index (χ2n) is 10.0. The molecule has 2 N–H and O–H groups in total. The van der Waals surface area contributed by atoms with Crippen LogP contribution in [0.25, 0.3) is 0 Å². The van der Waals surface area contributed by atoms with Gasteiger partial charge in [-0.2, -0.15) is 0 Å². The number of amides is 1. The van der Waals surface area contributed by atoms with Crippen molar-refractivity contribution in [1.29, 1.82) is 0 Å². The molecule has 1 fully saturated rings. The summed E-state index contributed by atoms with van der Waals surface area (Å²) in [4.78, 5) is 14.9. The normalized spacial score (nSPS) is 19.9. The van der Waals surface area contributed by atoms with E-state index in [-0.39, 0.29) is 18.1 Å². The summed E-state index contributed by atoms with van der Waals surface area (Å²) in [6.07, 6.45) is 2.90. The molecule has 0 saturated carbocycles. The van der Waals surface area contributed by atoms with Gasteiger partial charge in [0.25, 0.3) is 0 Å². The summed E-state index contributed by atoms with van der Waals surface area (Å²) in [5, 5.41) is 14.3. The zero-order chi connectivity index (χ0) is 23.2. The van der Waals surface area contributed by atoms with Crippen LogP contribution in [0.2, 0.25) is 0 Å². The Morgan fingerprint density at radius 1 is 1.12 bits per heavy atom. The minimum atomic E-state index is -0.866. The van der Waals surface area contributed by atoms with Gasteiger partial charge in [0, 0.05) is 12.1 Å². The average Bonchev–Trinajstić information content (AvgIpc) is 2.89. The summed E-state index contributed by atoms with van der Waals surface area (Å²) in [6, 6.07) is 16.3. The number of hydrogen-bond acceptors (Lipinski definition) is 4. The third kappa shape index (κ3) is 7.35. The van der Waals surface area contributed by atoms with Gasteiger partial charge in [-0.1, -0.05) is 48.0 Å². The molecular weight excluding hydrogens is 400 g/mol. The molecule has 5 heteroatoms. The van der Waals surface area contributed by atoms with Crippen LogP contribution in [0.4, 0.5) is 0 Å². The molecular formula is C27H38N2O3. The number of benzene rings is 2. The third-order valence-corrected chi connectivity index (χ3v) is 6.17. The fourth-order valence-electron chi connectivity index (χ4n) is 4.48. The Morgan fingerprint density at radius 2 is 1.88 bits per heavy atom. The van der Waals surface area contributed by atoms with Crippen molar-refractivity contribution < 1.29 is 14.6 Å². The summed E-state index contributed by atoms with van der Waals surface area (Å²) in [6.45, 7) is 10.3. The Labute approximate surface area is 192 Å². The maximum atomic E-state index is 12.7. The monoisotopic (exact) mass is 438 g/mol. The van der Waals surface area contributed by atoms with Crippen molar-refractivity contribution in [1.82, 2.24) is 10.2 Å². The number of hydrogen-bond donors (Lipinski definition) is 2. The Balaban J connectivity index is 1.48. The lowest BCUT2D eigenvalue weighted by molar-refractivity contribution is -0.123. The molecule has 1 atom stereocenters. The molecule has 2 aromatic carbocycles. The molecule has 1 aliphatic rings. The molecule has 0 spiro atoms. The molecule has 1 saturated heterocycles. The van der Waals surface area contributed by atoms with Gasteiger partial charge in [-0.25, -0.2) is 0 Å². The van der Waals surface area contributed by atoms with Gasteiger partial charge in [0.05, 0.1) is 12.1 Å². The Hall–Kier alpha value is -2.37. The maximum absolute atomic E-state index is 12.7. The summed E-state index contributed by atoms with van der Waals surface area (Å²) >= 11 is 0. The van der Waals surface area contributed by atoms with Crippen LogP contribution in [0, 0.1) is 13.8 Å². The lowest BCUT2D eigenvalue weighted by Crippen LogP contribution is -2.49. The van der Waals surface area contributed by atoms with Gasteiger partial charge in [-0.05, 0) is 77.1 Å². The van der Waals surface area contributed by atoms with Crippen molar-refractivity contribution in [2.24, 2.45) is 0 Å². The molecule has 0 unspecified atom stereocenters. The van der Waals surface area contributed by atoms with Crippen LogP contribution >= 0.6 is 0 Å². The maximum Gasteiger partial charge on any atom is 0.234 e. The highest BCUT2D eigenvalue weighted by Crippen LogP contribution is 2.26. The fraction of sp³-hybridized carbons (Fsp3) is 0.519. The van der Waals surface area contributed by atoms with E-state index in [0.717, 1.165) is 30.7 Å². The Bertz CT molecular complexity index is 897. The minimum absolute atomic E-state index is 0.0305.